The molecule has 0 amide bonds. The van der Waals surface area contributed by atoms with E-state index in [0.717, 1.165) is 41.8 Å². The molecule has 2 aromatic carbocycles. The highest BCUT2D eigenvalue weighted by Crippen LogP contribution is 2.32. The molecule has 24 heavy (non-hydrogen) atoms. The van der Waals surface area contributed by atoms with E-state index in [1.807, 2.05) is 24.3 Å². The van der Waals surface area contributed by atoms with Gasteiger partial charge in [-0.25, -0.2) is 0 Å². The molecule has 0 bridgehead atoms. The average Bonchev–Trinajstić information content (AvgIpc) is 2.99. The number of hydrogen-bond donors (Lipinski definition) is 0. The number of benzene rings is 2. The van der Waals surface area contributed by atoms with Crippen LogP contribution >= 0.6 is 0 Å². The first-order valence-corrected chi connectivity index (χ1v) is 8.39. The predicted molar refractivity (Wildman–Crippen MR) is 96.9 cm³/mol. The van der Waals surface area contributed by atoms with Gasteiger partial charge in [0.25, 0.3) is 5.88 Å². The van der Waals surface area contributed by atoms with Gasteiger partial charge >= 0.3 is 0 Å². The molecule has 0 aliphatic rings. The number of rotatable bonds is 6. The zero-order valence-corrected chi connectivity index (χ0v) is 14.8. The smallest absolute Gasteiger partial charge is 0.267 e. The van der Waals surface area contributed by atoms with Crippen molar-refractivity contribution in [2.24, 2.45) is 0 Å². The Hall–Kier alpha value is -2.33. The molecule has 1 heterocycles. The maximum absolute atomic E-state index is 6.03. The Morgan fingerprint density at radius 1 is 1.12 bits per heavy atom. The topological polar surface area (TPSA) is 38.5 Å². The van der Waals surface area contributed by atoms with E-state index in [2.05, 4.69) is 50.0 Å². The quantitative estimate of drug-likeness (QED) is 0.657. The number of aryl methyl sites for hydroxylation is 2. The van der Waals surface area contributed by atoms with Crippen LogP contribution in [0.2, 0.25) is 0 Å². The fraction of sp³-hybridized carbons (Fsp3) is 0.350. The molecule has 0 aliphatic carbocycles. The van der Waals surface area contributed by atoms with Crippen molar-refractivity contribution in [1.82, 2.24) is 10.1 Å². The molecule has 3 aromatic rings. The minimum Gasteiger partial charge on any atom is -0.436 e. The summed E-state index contributed by atoms with van der Waals surface area (Å²) >= 11 is 0. The molecule has 3 rings (SSSR count). The molecule has 0 atom stereocenters. The van der Waals surface area contributed by atoms with Crippen molar-refractivity contribution < 1.29 is 9.26 Å². The van der Waals surface area contributed by atoms with Gasteiger partial charge < -0.3 is 14.2 Å². The van der Waals surface area contributed by atoms with E-state index in [1.54, 1.807) is 0 Å². The molecule has 0 unspecified atom stereocenters. The maximum Gasteiger partial charge on any atom is 0.267 e. The zero-order chi connectivity index (χ0) is 17.1. The number of fused-ring (bicyclic) bond motifs is 1. The third kappa shape index (κ3) is 3.44. The van der Waals surface area contributed by atoms with E-state index in [9.17, 15) is 0 Å². The molecule has 4 nitrogen and oxygen atoms in total. The average molecular weight is 324 g/mol. The Morgan fingerprint density at radius 2 is 1.92 bits per heavy atom. The zero-order valence-electron chi connectivity index (χ0n) is 14.8. The van der Waals surface area contributed by atoms with Gasteiger partial charge in [0, 0.05) is 6.54 Å². The lowest BCUT2D eigenvalue weighted by molar-refractivity contribution is 0.357. The standard InChI is InChI=1S/C20H24N2O2/c1-5-22(4)11-10-16-12-15(3)19(13-14(16)2)23-20-17-8-6-7-9-18(17)24-21-20/h6-9,12-13H,5,10-11H2,1-4H3. The fourth-order valence-corrected chi connectivity index (χ4v) is 2.74. The first-order valence-electron chi connectivity index (χ1n) is 8.39. The van der Waals surface area contributed by atoms with Crippen LogP contribution in [0.3, 0.4) is 0 Å². The van der Waals surface area contributed by atoms with E-state index in [1.165, 1.54) is 11.1 Å². The third-order valence-corrected chi connectivity index (χ3v) is 4.49. The lowest BCUT2D eigenvalue weighted by Gasteiger charge is -2.16. The van der Waals surface area contributed by atoms with E-state index >= 15 is 0 Å². The van der Waals surface area contributed by atoms with Crippen molar-refractivity contribution in [2.75, 3.05) is 20.1 Å². The van der Waals surface area contributed by atoms with Crippen molar-refractivity contribution >= 4 is 11.0 Å². The molecule has 4 heteroatoms. The summed E-state index contributed by atoms with van der Waals surface area (Å²) in [6.45, 7) is 8.51. The van der Waals surface area contributed by atoms with Gasteiger partial charge in [-0.2, -0.15) is 0 Å². The first kappa shape index (κ1) is 16.5. The summed E-state index contributed by atoms with van der Waals surface area (Å²) in [5.74, 6) is 1.35. The second-order valence-corrected chi connectivity index (χ2v) is 6.28. The second-order valence-electron chi connectivity index (χ2n) is 6.28. The number of nitrogens with zero attached hydrogens (tertiary/aromatic N) is 2. The molecule has 0 spiro atoms. The van der Waals surface area contributed by atoms with Gasteiger partial charge in [0.2, 0.25) is 0 Å². The predicted octanol–water partition coefficient (Wildman–Crippen LogP) is 4.73. The summed E-state index contributed by atoms with van der Waals surface area (Å²) in [6, 6.07) is 12.0. The number of aromatic nitrogens is 1. The Bertz CT molecular complexity index is 839. The SMILES string of the molecule is CCN(C)CCc1cc(C)c(Oc2noc3ccccc23)cc1C. The largest absolute Gasteiger partial charge is 0.436 e. The minimum absolute atomic E-state index is 0.520. The summed E-state index contributed by atoms with van der Waals surface area (Å²) in [7, 11) is 2.15. The van der Waals surface area contributed by atoms with Crippen LogP contribution in [-0.4, -0.2) is 30.2 Å². The van der Waals surface area contributed by atoms with Crippen molar-refractivity contribution in [2.45, 2.75) is 27.2 Å². The van der Waals surface area contributed by atoms with E-state index in [0.29, 0.717) is 5.88 Å². The Morgan fingerprint density at radius 3 is 2.71 bits per heavy atom. The Labute approximate surface area is 143 Å². The number of para-hydroxylation sites is 1. The molecule has 0 radical (unpaired) electrons. The monoisotopic (exact) mass is 324 g/mol. The van der Waals surface area contributed by atoms with Gasteiger partial charge in [-0.15, -0.1) is 0 Å². The van der Waals surface area contributed by atoms with Gasteiger partial charge in [-0.3, -0.25) is 0 Å². The van der Waals surface area contributed by atoms with Crippen molar-refractivity contribution in [3.63, 3.8) is 0 Å². The number of hydrogen-bond acceptors (Lipinski definition) is 4. The van der Waals surface area contributed by atoms with Gasteiger partial charge in [-0.05, 0) is 73.9 Å². The normalized spacial score (nSPS) is 11.4. The van der Waals surface area contributed by atoms with Crippen molar-refractivity contribution in [3.05, 3.63) is 53.1 Å². The summed E-state index contributed by atoms with van der Waals surface area (Å²) < 4.78 is 11.3. The van der Waals surface area contributed by atoms with Crippen LogP contribution in [0.25, 0.3) is 11.0 Å². The van der Waals surface area contributed by atoms with Crippen LogP contribution in [0, 0.1) is 13.8 Å². The van der Waals surface area contributed by atoms with Crippen LogP contribution in [0.4, 0.5) is 0 Å². The van der Waals surface area contributed by atoms with Gasteiger partial charge in [0.1, 0.15) is 5.75 Å². The third-order valence-electron chi connectivity index (χ3n) is 4.49. The minimum atomic E-state index is 0.520. The van der Waals surface area contributed by atoms with Crippen LogP contribution < -0.4 is 4.74 Å². The summed E-state index contributed by atoms with van der Waals surface area (Å²) in [6.07, 6.45) is 1.05. The molecule has 1 aromatic heterocycles. The van der Waals surface area contributed by atoms with Crippen LogP contribution in [-0.2, 0) is 6.42 Å². The summed E-state index contributed by atoms with van der Waals surface area (Å²) in [5, 5.41) is 4.94. The Balaban J connectivity index is 1.83. The fourth-order valence-electron chi connectivity index (χ4n) is 2.74. The first-order chi connectivity index (χ1) is 11.6. The molecule has 0 fully saturated rings. The lowest BCUT2D eigenvalue weighted by atomic mass is 10.0. The van der Waals surface area contributed by atoms with Gasteiger partial charge in [-0.1, -0.05) is 25.1 Å². The van der Waals surface area contributed by atoms with Crippen LogP contribution in [0.5, 0.6) is 11.6 Å². The molecular weight excluding hydrogens is 300 g/mol. The Kier molecular flexibility index (Phi) is 4.86. The van der Waals surface area contributed by atoms with Gasteiger partial charge in [0.05, 0.1) is 5.39 Å². The molecule has 0 saturated carbocycles. The highest BCUT2D eigenvalue weighted by molar-refractivity contribution is 5.82. The molecule has 126 valence electrons. The summed E-state index contributed by atoms with van der Waals surface area (Å²) in [5.41, 5.74) is 4.46. The van der Waals surface area contributed by atoms with E-state index in [-0.39, 0.29) is 0 Å². The molecule has 0 N–H and O–H groups in total. The maximum atomic E-state index is 6.03. The van der Waals surface area contributed by atoms with Gasteiger partial charge in [0.15, 0.2) is 5.58 Å². The lowest BCUT2D eigenvalue weighted by Crippen LogP contribution is -2.20. The highest BCUT2D eigenvalue weighted by atomic mass is 16.5. The van der Waals surface area contributed by atoms with Crippen LogP contribution in [0.15, 0.2) is 40.9 Å². The summed E-state index contributed by atoms with van der Waals surface area (Å²) in [4.78, 5) is 2.32. The number of likely N-dealkylation sites (N-methyl/N-ethyl adjacent to an activating group) is 1. The molecule has 0 saturated heterocycles. The number of ether oxygens (including phenoxy) is 1. The van der Waals surface area contributed by atoms with Crippen molar-refractivity contribution in [1.29, 1.82) is 0 Å². The van der Waals surface area contributed by atoms with Crippen LogP contribution in [0.1, 0.15) is 23.6 Å². The van der Waals surface area contributed by atoms with Crippen molar-refractivity contribution in [3.8, 4) is 11.6 Å². The van der Waals surface area contributed by atoms with E-state index in [4.69, 9.17) is 9.26 Å². The highest BCUT2D eigenvalue weighted by Gasteiger charge is 2.12. The molecule has 0 aliphatic heterocycles. The van der Waals surface area contributed by atoms with E-state index < -0.39 is 0 Å². The second kappa shape index (κ2) is 7.05. The molecular formula is C20H24N2O2.